The van der Waals surface area contributed by atoms with Gasteiger partial charge in [-0.1, -0.05) is 0 Å². The van der Waals surface area contributed by atoms with E-state index in [0.29, 0.717) is 6.42 Å². The number of carbonyl (C=O) groups excluding carboxylic acids is 1. The summed E-state index contributed by atoms with van der Waals surface area (Å²) >= 11 is 1.68. The molecule has 7 heteroatoms. The van der Waals surface area contributed by atoms with Crippen LogP contribution in [0.3, 0.4) is 0 Å². The molecule has 6 nitrogen and oxygen atoms in total. The van der Waals surface area contributed by atoms with Crippen LogP contribution in [0.5, 0.6) is 0 Å². The predicted molar refractivity (Wildman–Crippen MR) is 86.0 cm³/mol. The fraction of sp³-hybridized carbons (Fsp3) is 0.357. The molecule has 1 heterocycles. The molecule has 1 aromatic heterocycles. The number of carbonyl (C=O) groups is 1. The van der Waals surface area contributed by atoms with Gasteiger partial charge in [-0.05, 0) is 42.7 Å². The Morgan fingerprint density at radius 2 is 2.14 bits per heavy atom. The molecule has 1 amide bonds. The zero-order valence-electron chi connectivity index (χ0n) is 12.1. The third-order valence-electron chi connectivity index (χ3n) is 3.09. The van der Waals surface area contributed by atoms with Gasteiger partial charge in [-0.3, -0.25) is 4.79 Å². The van der Waals surface area contributed by atoms with E-state index >= 15 is 0 Å². The fourth-order valence-corrected chi connectivity index (χ4v) is 2.35. The molecular formula is C14H19N5OS. The zero-order valence-corrected chi connectivity index (χ0v) is 12.9. The third-order valence-corrected chi connectivity index (χ3v) is 3.74. The van der Waals surface area contributed by atoms with E-state index in [4.69, 9.17) is 5.73 Å². The number of rotatable bonds is 6. The number of nitrogens with zero attached hydrogens (tertiary/aromatic N) is 3. The summed E-state index contributed by atoms with van der Waals surface area (Å²) in [6.45, 7) is 0. The van der Waals surface area contributed by atoms with Crippen molar-refractivity contribution >= 4 is 23.4 Å². The van der Waals surface area contributed by atoms with Crippen LogP contribution in [-0.4, -0.2) is 38.7 Å². The van der Waals surface area contributed by atoms with Gasteiger partial charge in [0.1, 0.15) is 6.33 Å². The number of benzene rings is 1. The molecule has 0 aliphatic rings. The average Bonchev–Trinajstić information content (AvgIpc) is 2.91. The topological polar surface area (TPSA) is 85.8 Å². The van der Waals surface area contributed by atoms with Gasteiger partial charge in [0.25, 0.3) is 0 Å². The van der Waals surface area contributed by atoms with Crippen molar-refractivity contribution in [3.8, 4) is 11.4 Å². The summed E-state index contributed by atoms with van der Waals surface area (Å²) in [5.41, 5.74) is 7.50. The normalized spacial score (nSPS) is 12.1. The second kappa shape index (κ2) is 7.24. The van der Waals surface area contributed by atoms with E-state index in [-0.39, 0.29) is 5.91 Å². The molecule has 0 bridgehead atoms. The van der Waals surface area contributed by atoms with E-state index < -0.39 is 6.04 Å². The molecule has 0 aliphatic heterocycles. The number of anilines is 1. The summed E-state index contributed by atoms with van der Waals surface area (Å²) < 4.78 is 1.84. The lowest BCUT2D eigenvalue weighted by molar-refractivity contribution is -0.117. The van der Waals surface area contributed by atoms with Crippen molar-refractivity contribution in [3.63, 3.8) is 0 Å². The summed E-state index contributed by atoms with van der Waals surface area (Å²) in [6, 6.07) is 6.99. The number of hydrogen-bond donors (Lipinski definition) is 2. The first-order valence-electron chi connectivity index (χ1n) is 6.61. The number of hydrogen-bond acceptors (Lipinski definition) is 5. The van der Waals surface area contributed by atoms with E-state index in [1.807, 2.05) is 42.1 Å². The van der Waals surface area contributed by atoms with Crippen LogP contribution >= 0.6 is 11.8 Å². The standard InChI is InChI=1S/C14H19N5OS/c1-19-9-16-18-13(19)10-3-5-11(6-4-10)17-14(20)12(15)7-8-21-2/h3-6,9,12H,7-8,15H2,1-2H3,(H,17,20)/t12-/m1/s1. The number of amides is 1. The highest BCUT2D eigenvalue weighted by Gasteiger charge is 2.13. The third kappa shape index (κ3) is 4.05. The average molecular weight is 305 g/mol. The molecule has 0 saturated heterocycles. The molecule has 2 aromatic rings. The van der Waals surface area contributed by atoms with Crippen LogP contribution in [0.2, 0.25) is 0 Å². The minimum atomic E-state index is -0.476. The van der Waals surface area contributed by atoms with E-state index in [1.165, 1.54) is 0 Å². The van der Waals surface area contributed by atoms with Crippen molar-refractivity contribution in [3.05, 3.63) is 30.6 Å². The first-order valence-corrected chi connectivity index (χ1v) is 8.01. The molecule has 0 radical (unpaired) electrons. The zero-order chi connectivity index (χ0) is 15.2. The van der Waals surface area contributed by atoms with Gasteiger partial charge in [-0.2, -0.15) is 11.8 Å². The largest absolute Gasteiger partial charge is 0.325 e. The SMILES string of the molecule is CSCC[C@@H](N)C(=O)Nc1ccc(-c2nncn2C)cc1. The summed E-state index contributed by atoms with van der Waals surface area (Å²) in [5, 5.41) is 10.7. The Morgan fingerprint density at radius 3 is 2.71 bits per heavy atom. The molecule has 1 atom stereocenters. The molecule has 0 aliphatic carbocycles. The maximum absolute atomic E-state index is 11.9. The van der Waals surface area contributed by atoms with Gasteiger partial charge in [0.05, 0.1) is 6.04 Å². The lowest BCUT2D eigenvalue weighted by atomic mass is 10.1. The Kier molecular flexibility index (Phi) is 5.35. The van der Waals surface area contributed by atoms with Gasteiger partial charge < -0.3 is 15.6 Å². The molecule has 21 heavy (non-hydrogen) atoms. The second-order valence-corrected chi connectivity index (χ2v) is 5.71. The Balaban J connectivity index is 2.00. The molecular weight excluding hydrogens is 286 g/mol. The molecule has 0 spiro atoms. The molecule has 0 unspecified atom stereocenters. The van der Waals surface area contributed by atoms with Crippen molar-refractivity contribution in [2.75, 3.05) is 17.3 Å². The lowest BCUT2D eigenvalue weighted by Gasteiger charge is -2.12. The van der Waals surface area contributed by atoms with Gasteiger partial charge >= 0.3 is 0 Å². The maximum atomic E-state index is 11.9. The van der Waals surface area contributed by atoms with E-state index in [1.54, 1.807) is 18.1 Å². The van der Waals surface area contributed by atoms with Gasteiger partial charge in [0.15, 0.2) is 5.82 Å². The Bertz CT molecular complexity index is 596. The van der Waals surface area contributed by atoms with Crippen LogP contribution in [-0.2, 0) is 11.8 Å². The summed E-state index contributed by atoms with van der Waals surface area (Å²) in [5.74, 6) is 1.50. The van der Waals surface area contributed by atoms with Crippen molar-refractivity contribution in [1.29, 1.82) is 0 Å². The molecule has 2 rings (SSSR count). The van der Waals surface area contributed by atoms with Crippen molar-refractivity contribution < 1.29 is 4.79 Å². The maximum Gasteiger partial charge on any atom is 0.241 e. The molecule has 0 fully saturated rings. The summed E-state index contributed by atoms with van der Waals surface area (Å²) in [7, 11) is 1.88. The summed E-state index contributed by atoms with van der Waals surface area (Å²) in [6.07, 6.45) is 4.32. The van der Waals surface area contributed by atoms with Crippen molar-refractivity contribution in [2.45, 2.75) is 12.5 Å². The summed E-state index contributed by atoms with van der Waals surface area (Å²) in [4.78, 5) is 11.9. The smallest absolute Gasteiger partial charge is 0.241 e. The Hall–Kier alpha value is -1.86. The highest BCUT2D eigenvalue weighted by atomic mass is 32.2. The van der Waals surface area contributed by atoms with Gasteiger partial charge in [0.2, 0.25) is 5.91 Å². The first-order chi connectivity index (χ1) is 10.1. The van der Waals surface area contributed by atoms with Crippen LogP contribution in [0.1, 0.15) is 6.42 Å². The minimum absolute atomic E-state index is 0.157. The van der Waals surface area contributed by atoms with E-state index in [9.17, 15) is 4.79 Å². The van der Waals surface area contributed by atoms with Crippen molar-refractivity contribution in [2.24, 2.45) is 12.8 Å². The van der Waals surface area contributed by atoms with Gasteiger partial charge in [-0.25, -0.2) is 0 Å². The fourth-order valence-electron chi connectivity index (χ4n) is 1.86. The highest BCUT2D eigenvalue weighted by molar-refractivity contribution is 7.98. The quantitative estimate of drug-likeness (QED) is 0.844. The van der Waals surface area contributed by atoms with Crippen LogP contribution < -0.4 is 11.1 Å². The monoisotopic (exact) mass is 305 g/mol. The minimum Gasteiger partial charge on any atom is -0.325 e. The number of aryl methyl sites for hydroxylation is 1. The van der Waals surface area contributed by atoms with Crippen LogP contribution in [0, 0.1) is 0 Å². The van der Waals surface area contributed by atoms with Gasteiger partial charge in [0, 0.05) is 18.3 Å². The number of nitrogens with two attached hydrogens (primary N) is 1. The molecule has 1 aromatic carbocycles. The van der Waals surface area contributed by atoms with E-state index in [0.717, 1.165) is 22.8 Å². The first kappa shape index (κ1) is 15.5. The van der Waals surface area contributed by atoms with Crippen LogP contribution in [0.15, 0.2) is 30.6 Å². The van der Waals surface area contributed by atoms with Crippen molar-refractivity contribution in [1.82, 2.24) is 14.8 Å². The molecule has 0 saturated carbocycles. The predicted octanol–water partition coefficient (Wildman–Crippen LogP) is 1.50. The van der Waals surface area contributed by atoms with Gasteiger partial charge in [-0.15, -0.1) is 10.2 Å². The molecule has 112 valence electrons. The molecule has 3 N–H and O–H groups in total. The lowest BCUT2D eigenvalue weighted by Crippen LogP contribution is -2.36. The Labute approximate surface area is 128 Å². The second-order valence-electron chi connectivity index (χ2n) is 4.72. The van der Waals surface area contributed by atoms with Crippen LogP contribution in [0.25, 0.3) is 11.4 Å². The van der Waals surface area contributed by atoms with E-state index in [2.05, 4.69) is 15.5 Å². The van der Waals surface area contributed by atoms with Crippen LogP contribution in [0.4, 0.5) is 5.69 Å². The number of aromatic nitrogens is 3. The number of thioether (sulfide) groups is 1. The number of nitrogens with one attached hydrogen (secondary N) is 1. The highest BCUT2D eigenvalue weighted by Crippen LogP contribution is 2.18. The Morgan fingerprint density at radius 1 is 1.43 bits per heavy atom.